The molecule has 0 bridgehead atoms. The summed E-state index contributed by atoms with van der Waals surface area (Å²) >= 11 is 1.24. The molecule has 0 aliphatic carbocycles. The Morgan fingerprint density at radius 2 is 2.29 bits per heavy atom. The van der Waals surface area contributed by atoms with E-state index in [4.69, 9.17) is 10.3 Å². The van der Waals surface area contributed by atoms with Crippen LogP contribution in [0.3, 0.4) is 0 Å². The lowest BCUT2D eigenvalue weighted by atomic mass is 10.0. The monoisotopic (exact) mass is 309 g/mol. The standard InChI is InChI=1S/C13H19N5O2S/c1-4-13(2,3)15-10(19)8-21-12-17-16-11(18(12)14)9-6-5-7-20-9/h5-7H,4,8,14H2,1-3H3,(H,15,19). The molecule has 0 spiro atoms. The van der Waals surface area contributed by atoms with E-state index in [1.54, 1.807) is 12.1 Å². The van der Waals surface area contributed by atoms with Crippen LogP contribution in [0.4, 0.5) is 0 Å². The molecule has 2 heterocycles. The molecule has 0 saturated heterocycles. The summed E-state index contributed by atoms with van der Waals surface area (Å²) in [5.74, 6) is 7.05. The van der Waals surface area contributed by atoms with Crippen LogP contribution in [0.15, 0.2) is 28.0 Å². The first-order valence-electron chi connectivity index (χ1n) is 6.61. The average Bonchev–Trinajstić information content (AvgIpc) is 3.05. The second-order valence-electron chi connectivity index (χ2n) is 5.23. The van der Waals surface area contributed by atoms with Crippen LogP contribution in [0, 0.1) is 0 Å². The maximum Gasteiger partial charge on any atom is 0.230 e. The molecule has 3 N–H and O–H groups in total. The van der Waals surface area contributed by atoms with Gasteiger partial charge in [-0.25, -0.2) is 4.68 Å². The van der Waals surface area contributed by atoms with Gasteiger partial charge in [-0.15, -0.1) is 10.2 Å². The van der Waals surface area contributed by atoms with Crippen molar-refractivity contribution in [2.75, 3.05) is 11.6 Å². The molecule has 0 aliphatic rings. The molecule has 0 atom stereocenters. The number of furan rings is 1. The topological polar surface area (TPSA) is 99.0 Å². The van der Waals surface area contributed by atoms with Crippen molar-refractivity contribution in [2.24, 2.45) is 0 Å². The van der Waals surface area contributed by atoms with Crippen LogP contribution in [0.1, 0.15) is 27.2 Å². The van der Waals surface area contributed by atoms with E-state index in [0.29, 0.717) is 16.7 Å². The van der Waals surface area contributed by atoms with Crippen LogP contribution in [0.25, 0.3) is 11.6 Å². The van der Waals surface area contributed by atoms with E-state index in [0.717, 1.165) is 6.42 Å². The number of hydrogen-bond donors (Lipinski definition) is 2. The van der Waals surface area contributed by atoms with Gasteiger partial charge in [-0.3, -0.25) is 4.79 Å². The number of rotatable bonds is 6. The van der Waals surface area contributed by atoms with E-state index in [-0.39, 0.29) is 17.2 Å². The van der Waals surface area contributed by atoms with Gasteiger partial charge in [0.2, 0.25) is 16.9 Å². The number of nitrogen functional groups attached to an aromatic ring is 1. The van der Waals surface area contributed by atoms with Crippen molar-refractivity contribution >= 4 is 17.7 Å². The van der Waals surface area contributed by atoms with Crippen molar-refractivity contribution in [3.05, 3.63) is 18.4 Å². The highest BCUT2D eigenvalue weighted by Crippen LogP contribution is 2.21. The molecule has 21 heavy (non-hydrogen) atoms. The third kappa shape index (κ3) is 3.78. The summed E-state index contributed by atoms with van der Waals surface area (Å²) in [6.07, 6.45) is 2.40. The van der Waals surface area contributed by atoms with Crippen molar-refractivity contribution in [2.45, 2.75) is 37.9 Å². The zero-order chi connectivity index (χ0) is 15.5. The van der Waals surface area contributed by atoms with Gasteiger partial charge in [0.05, 0.1) is 12.0 Å². The first kappa shape index (κ1) is 15.4. The van der Waals surface area contributed by atoms with Crippen molar-refractivity contribution in [1.82, 2.24) is 20.2 Å². The zero-order valence-electron chi connectivity index (χ0n) is 12.3. The van der Waals surface area contributed by atoms with Crippen molar-refractivity contribution in [3.63, 3.8) is 0 Å². The highest BCUT2D eigenvalue weighted by molar-refractivity contribution is 7.99. The van der Waals surface area contributed by atoms with Crippen LogP contribution < -0.4 is 11.2 Å². The molecule has 2 aromatic heterocycles. The summed E-state index contributed by atoms with van der Waals surface area (Å²) in [5, 5.41) is 11.4. The van der Waals surface area contributed by atoms with Crippen LogP contribution >= 0.6 is 11.8 Å². The van der Waals surface area contributed by atoms with Gasteiger partial charge in [0.15, 0.2) is 5.76 Å². The van der Waals surface area contributed by atoms with E-state index < -0.39 is 0 Å². The van der Waals surface area contributed by atoms with Crippen LogP contribution in [0.5, 0.6) is 0 Å². The Balaban J connectivity index is 1.97. The molecule has 1 amide bonds. The second-order valence-corrected chi connectivity index (χ2v) is 6.17. The minimum absolute atomic E-state index is 0.0607. The largest absolute Gasteiger partial charge is 0.461 e. The fourth-order valence-corrected chi connectivity index (χ4v) is 2.24. The summed E-state index contributed by atoms with van der Waals surface area (Å²) in [6, 6.07) is 3.50. The van der Waals surface area contributed by atoms with Crippen LogP contribution in [-0.2, 0) is 4.79 Å². The molecule has 7 nitrogen and oxygen atoms in total. The van der Waals surface area contributed by atoms with Crippen molar-refractivity contribution in [1.29, 1.82) is 0 Å². The van der Waals surface area contributed by atoms with Gasteiger partial charge >= 0.3 is 0 Å². The fourth-order valence-electron chi connectivity index (χ4n) is 1.58. The van der Waals surface area contributed by atoms with Gasteiger partial charge in [-0.1, -0.05) is 18.7 Å². The highest BCUT2D eigenvalue weighted by Gasteiger charge is 2.19. The van der Waals surface area contributed by atoms with E-state index in [1.807, 2.05) is 20.8 Å². The molecule has 2 rings (SSSR count). The number of thioether (sulfide) groups is 1. The number of nitrogens with one attached hydrogen (secondary N) is 1. The first-order chi connectivity index (χ1) is 9.93. The van der Waals surface area contributed by atoms with Gasteiger partial charge in [0, 0.05) is 5.54 Å². The number of nitrogens with two attached hydrogens (primary N) is 1. The Bertz CT molecular complexity index is 606. The summed E-state index contributed by atoms with van der Waals surface area (Å²) in [7, 11) is 0. The predicted octanol–water partition coefficient (Wildman–Crippen LogP) is 1.65. The van der Waals surface area contributed by atoms with Crippen molar-refractivity contribution in [3.8, 4) is 11.6 Å². The number of carbonyl (C=O) groups is 1. The SMILES string of the molecule is CCC(C)(C)NC(=O)CSc1nnc(-c2ccco2)n1N. The Morgan fingerprint density at radius 1 is 1.52 bits per heavy atom. The maximum atomic E-state index is 11.9. The lowest BCUT2D eigenvalue weighted by Gasteiger charge is -2.24. The van der Waals surface area contributed by atoms with E-state index in [9.17, 15) is 4.79 Å². The minimum Gasteiger partial charge on any atom is -0.461 e. The lowest BCUT2D eigenvalue weighted by Crippen LogP contribution is -2.43. The van der Waals surface area contributed by atoms with Gasteiger partial charge in [0.25, 0.3) is 0 Å². The fraction of sp³-hybridized carbons (Fsp3) is 0.462. The van der Waals surface area contributed by atoms with E-state index in [1.165, 1.54) is 22.7 Å². The molecule has 0 aliphatic heterocycles. The third-order valence-corrected chi connectivity index (χ3v) is 4.04. The maximum absolute atomic E-state index is 11.9. The quantitative estimate of drug-likeness (QED) is 0.622. The Kier molecular flexibility index (Phi) is 4.56. The number of aromatic nitrogens is 3. The van der Waals surface area contributed by atoms with E-state index >= 15 is 0 Å². The second kappa shape index (κ2) is 6.21. The average molecular weight is 309 g/mol. The van der Waals surface area contributed by atoms with Crippen LogP contribution in [0.2, 0.25) is 0 Å². The molecule has 114 valence electrons. The summed E-state index contributed by atoms with van der Waals surface area (Å²) in [4.78, 5) is 11.9. The predicted molar refractivity (Wildman–Crippen MR) is 81.1 cm³/mol. The molecular formula is C13H19N5O2S. The van der Waals surface area contributed by atoms with Crippen LogP contribution in [-0.4, -0.2) is 32.1 Å². The molecule has 8 heteroatoms. The summed E-state index contributed by atoms with van der Waals surface area (Å²) in [6.45, 7) is 5.99. The molecule has 2 aromatic rings. The lowest BCUT2D eigenvalue weighted by molar-refractivity contribution is -0.120. The first-order valence-corrected chi connectivity index (χ1v) is 7.59. The molecule has 0 unspecified atom stereocenters. The normalized spacial score (nSPS) is 11.6. The summed E-state index contributed by atoms with van der Waals surface area (Å²) in [5.41, 5.74) is -0.215. The Hall–Kier alpha value is -1.96. The van der Waals surface area contributed by atoms with Gasteiger partial charge < -0.3 is 15.6 Å². The van der Waals surface area contributed by atoms with Gasteiger partial charge in [-0.05, 0) is 32.4 Å². The molecule has 0 aromatic carbocycles. The minimum atomic E-state index is -0.215. The zero-order valence-corrected chi connectivity index (χ0v) is 13.1. The summed E-state index contributed by atoms with van der Waals surface area (Å²) < 4.78 is 6.55. The number of nitrogens with zero attached hydrogens (tertiary/aromatic N) is 3. The molecule has 0 radical (unpaired) electrons. The molecule has 0 saturated carbocycles. The third-order valence-electron chi connectivity index (χ3n) is 3.10. The van der Waals surface area contributed by atoms with Crippen molar-refractivity contribution < 1.29 is 9.21 Å². The van der Waals surface area contributed by atoms with Gasteiger partial charge in [-0.2, -0.15) is 0 Å². The molecular weight excluding hydrogens is 290 g/mol. The number of amides is 1. The van der Waals surface area contributed by atoms with E-state index in [2.05, 4.69) is 15.5 Å². The number of carbonyl (C=O) groups excluding carboxylic acids is 1. The van der Waals surface area contributed by atoms with Gasteiger partial charge in [0.1, 0.15) is 0 Å². The molecule has 0 fully saturated rings. The number of hydrogen-bond acceptors (Lipinski definition) is 6. The Morgan fingerprint density at radius 3 is 2.90 bits per heavy atom. The Labute approximate surface area is 127 Å². The highest BCUT2D eigenvalue weighted by atomic mass is 32.2. The smallest absolute Gasteiger partial charge is 0.230 e.